The highest BCUT2D eigenvalue weighted by molar-refractivity contribution is 7.89. The second-order valence-electron chi connectivity index (χ2n) is 7.99. The van der Waals surface area contributed by atoms with Gasteiger partial charge in [-0.3, -0.25) is 4.79 Å². The summed E-state index contributed by atoms with van der Waals surface area (Å²) in [5, 5.41) is 0.799. The average molecular weight is 386 g/mol. The number of carbonyl (C=O) groups excluding carboxylic acids is 1. The molecular formula is C20H22N2O4S. The maximum Gasteiger partial charge on any atom is 0.241 e. The molecule has 1 aliphatic carbocycles. The molecule has 6 nitrogen and oxygen atoms in total. The Hall–Kier alpha value is -2.38. The first kappa shape index (κ1) is 18.0. The first-order valence-electron chi connectivity index (χ1n) is 8.87. The lowest BCUT2D eigenvalue weighted by Gasteiger charge is -2.28. The summed E-state index contributed by atoms with van der Waals surface area (Å²) in [7, 11) is -3.71. The molecule has 27 heavy (non-hydrogen) atoms. The van der Waals surface area contributed by atoms with Gasteiger partial charge in [-0.05, 0) is 48.6 Å². The molecule has 0 bridgehead atoms. The third kappa shape index (κ3) is 3.21. The van der Waals surface area contributed by atoms with Gasteiger partial charge in [0.1, 0.15) is 5.76 Å². The van der Waals surface area contributed by atoms with E-state index in [0.717, 1.165) is 17.5 Å². The highest BCUT2D eigenvalue weighted by Gasteiger charge is 2.34. The number of fused-ring (bicyclic) bond motifs is 3. The predicted molar refractivity (Wildman–Crippen MR) is 102 cm³/mol. The van der Waals surface area contributed by atoms with Crippen LogP contribution in [0.2, 0.25) is 0 Å². The van der Waals surface area contributed by atoms with Gasteiger partial charge in [0.25, 0.3) is 0 Å². The predicted octanol–water partition coefficient (Wildman–Crippen LogP) is 3.70. The number of aryl methyl sites for hydroxylation is 1. The zero-order valence-corrected chi connectivity index (χ0v) is 16.4. The van der Waals surface area contributed by atoms with Crippen molar-refractivity contribution in [1.82, 2.24) is 9.71 Å². The van der Waals surface area contributed by atoms with Gasteiger partial charge in [-0.2, -0.15) is 0 Å². The Morgan fingerprint density at radius 2 is 2.04 bits per heavy atom. The van der Waals surface area contributed by atoms with Crippen molar-refractivity contribution in [3.8, 4) is 0 Å². The van der Waals surface area contributed by atoms with E-state index in [1.165, 1.54) is 6.26 Å². The van der Waals surface area contributed by atoms with Gasteiger partial charge in [0, 0.05) is 28.6 Å². The molecular weight excluding hydrogens is 364 g/mol. The molecule has 2 heterocycles. The van der Waals surface area contributed by atoms with E-state index in [1.807, 2.05) is 0 Å². The average Bonchev–Trinajstić information content (AvgIpc) is 3.17. The maximum atomic E-state index is 12.8. The third-order valence-corrected chi connectivity index (χ3v) is 6.59. The monoisotopic (exact) mass is 386 g/mol. The highest BCUT2D eigenvalue weighted by Crippen LogP contribution is 2.38. The molecule has 3 aromatic rings. The minimum atomic E-state index is -3.71. The fourth-order valence-electron chi connectivity index (χ4n) is 3.85. The lowest BCUT2D eigenvalue weighted by Crippen LogP contribution is -2.26. The van der Waals surface area contributed by atoms with Crippen LogP contribution < -0.4 is 4.72 Å². The van der Waals surface area contributed by atoms with Crippen LogP contribution in [0.3, 0.4) is 0 Å². The van der Waals surface area contributed by atoms with Crippen LogP contribution >= 0.6 is 0 Å². The van der Waals surface area contributed by atoms with Crippen LogP contribution in [0.4, 0.5) is 0 Å². The van der Waals surface area contributed by atoms with Gasteiger partial charge in [0.15, 0.2) is 5.78 Å². The lowest BCUT2D eigenvalue weighted by atomic mass is 9.76. The van der Waals surface area contributed by atoms with E-state index < -0.39 is 10.0 Å². The highest BCUT2D eigenvalue weighted by atomic mass is 32.2. The summed E-state index contributed by atoms with van der Waals surface area (Å²) in [5.41, 5.74) is 2.78. The van der Waals surface area contributed by atoms with Gasteiger partial charge in [-0.15, -0.1) is 0 Å². The SMILES string of the molecule is Cc1cc2c3c([nH]c2cc1S(=O)(=O)NCc1ccco1)CC(C)(C)CC3=O. The van der Waals surface area contributed by atoms with Crippen molar-refractivity contribution in [2.75, 3.05) is 0 Å². The number of rotatable bonds is 4. The summed E-state index contributed by atoms with van der Waals surface area (Å²) in [6.45, 7) is 5.97. The second-order valence-corrected chi connectivity index (χ2v) is 9.72. The maximum absolute atomic E-state index is 12.8. The van der Waals surface area contributed by atoms with Crippen molar-refractivity contribution in [2.24, 2.45) is 5.41 Å². The van der Waals surface area contributed by atoms with Crippen molar-refractivity contribution in [2.45, 2.75) is 45.1 Å². The third-order valence-electron chi connectivity index (χ3n) is 5.05. The molecule has 0 radical (unpaired) electrons. The van der Waals surface area contributed by atoms with Crippen LogP contribution in [0.15, 0.2) is 39.8 Å². The molecule has 0 atom stereocenters. The molecule has 0 amide bonds. The van der Waals surface area contributed by atoms with Crippen molar-refractivity contribution >= 4 is 26.7 Å². The number of sulfonamides is 1. The molecule has 0 aliphatic heterocycles. The number of Topliss-reactive ketones (excluding diaryl/α,β-unsaturated/α-hetero) is 1. The van der Waals surface area contributed by atoms with E-state index in [0.29, 0.717) is 28.8 Å². The van der Waals surface area contributed by atoms with Crippen LogP contribution in [0.25, 0.3) is 10.9 Å². The molecule has 142 valence electrons. The number of aromatic nitrogens is 1. The largest absolute Gasteiger partial charge is 0.468 e. The first-order chi connectivity index (χ1) is 12.7. The second kappa shape index (κ2) is 6.07. The number of furan rings is 1. The normalized spacial score (nSPS) is 16.6. The molecule has 1 aliphatic rings. The number of aromatic amines is 1. The van der Waals surface area contributed by atoms with Gasteiger partial charge in [-0.25, -0.2) is 13.1 Å². The van der Waals surface area contributed by atoms with Crippen LogP contribution in [0, 0.1) is 12.3 Å². The number of hydrogen-bond acceptors (Lipinski definition) is 4. The Balaban J connectivity index is 1.75. The molecule has 1 aromatic carbocycles. The fourth-order valence-corrected chi connectivity index (χ4v) is 5.09. The number of nitrogens with one attached hydrogen (secondary N) is 2. The van der Waals surface area contributed by atoms with Crippen molar-refractivity contribution in [1.29, 1.82) is 0 Å². The van der Waals surface area contributed by atoms with E-state index in [4.69, 9.17) is 4.42 Å². The summed E-state index contributed by atoms with van der Waals surface area (Å²) < 4.78 is 33.3. The molecule has 0 spiro atoms. The zero-order chi connectivity index (χ0) is 19.4. The molecule has 0 saturated carbocycles. The molecule has 0 saturated heterocycles. The molecule has 2 N–H and O–H groups in total. The summed E-state index contributed by atoms with van der Waals surface area (Å²) in [6, 6.07) is 6.84. The summed E-state index contributed by atoms with van der Waals surface area (Å²) in [5.74, 6) is 0.652. The Labute approximate surface area is 158 Å². The minimum Gasteiger partial charge on any atom is -0.468 e. The topological polar surface area (TPSA) is 92.2 Å². The van der Waals surface area contributed by atoms with E-state index in [1.54, 1.807) is 31.2 Å². The molecule has 0 unspecified atom stereocenters. The van der Waals surface area contributed by atoms with E-state index in [2.05, 4.69) is 23.6 Å². The first-order valence-corrected chi connectivity index (χ1v) is 10.4. The number of H-pyrrole nitrogens is 1. The smallest absolute Gasteiger partial charge is 0.241 e. The van der Waals surface area contributed by atoms with Crippen molar-refractivity contribution in [3.63, 3.8) is 0 Å². The molecule has 2 aromatic heterocycles. The van der Waals surface area contributed by atoms with Crippen LogP contribution in [0.1, 0.15) is 47.6 Å². The summed E-state index contributed by atoms with van der Waals surface area (Å²) in [4.78, 5) is 16.1. The van der Waals surface area contributed by atoms with E-state index >= 15 is 0 Å². The number of hydrogen-bond donors (Lipinski definition) is 2. The summed E-state index contributed by atoms with van der Waals surface area (Å²) >= 11 is 0. The van der Waals surface area contributed by atoms with Crippen LogP contribution in [-0.2, 0) is 23.0 Å². The van der Waals surface area contributed by atoms with Crippen LogP contribution in [0.5, 0.6) is 0 Å². The van der Waals surface area contributed by atoms with Gasteiger partial charge in [0.05, 0.1) is 17.7 Å². The van der Waals surface area contributed by atoms with Gasteiger partial charge in [0.2, 0.25) is 10.0 Å². The van der Waals surface area contributed by atoms with Gasteiger partial charge >= 0.3 is 0 Å². The van der Waals surface area contributed by atoms with Crippen molar-refractivity contribution in [3.05, 3.63) is 53.1 Å². The Morgan fingerprint density at radius 3 is 2.74 bits per heavy atom. The number of carbonyl (C=O) groups is 1. The number of benzene rings is 1. The molecule has 0 fully saturated rings. The lowest BCUT2D eigenvalue weighted by molar-refractivity contribution is 0.0913. The Morgan fingerprint density at radius 1 is 1.26 bits per heavy atom. The van der Waals surface area contributed by atoms with Gasteiger partial charge in [-0.1, -0.05) is 13.8 Å². The molecule has 7 heteroatoms. The Kier molecular flexibility index (Phi) is 4.05. The number of ketones is 1. The van der Waals surface area contributed by atoms with Crippen LogP contribution in [-0.4, -0.2) is 19.2 Å². The van der Waals surface area contributed by atoms with E-state index in [9.17, 15) is 13.2 Å². The quantitative estimate of drug-likeness (QED) is 0.715. The minimum absolute atomic E-state index is 0.0840. The van der Waals surface area contributed by atoms with Crippen molar-refractivity contribution < 1.29 is 17.6 Å². The zero-order valence-electron chi connectivity index (χ0n) is 15.5. The van der Waals surface area contributed by atoms with E-state index in [-0.39, 0.29) is 22.6 Å². The summed E-state index contributed by atoms with van der Waals surface area (Å²) in [6.07, 6.45) is 2.76. The van der Waals surface area contributed by atoms with Gasteiger partial charge < -0.3 is 9.40 Å². The standard InChI is InChI=1S/C20H22N2O4S/c1-12-7-14-15(22-16-9-20(2,3)10-17(23)19(14)16)8-18(12)27(24,25)21-11-13-5-4-6-26-13/h4-8,21-22H,9-11H2,1-3H3. The Bertz CT molecular complexity index is 1140. The molecule has 4 rings (SSSR count). The fraction of sp³-hybridized carbons (Fsp3) is 0.350.